The first-order valence-electron chi connectivity index (χ1n) is 10.1. The van der Waals surface area contributed by atoms with Crippen LogP contribution in [0, 0.1) is 31.0 Å². The molecule has 2 aliphatic rings. The van der Waals surface area contributed by atoms with E-state index < -0.39 is 0 Å². The summed E-state index contributed by atoms with van der Waals surface area (Å²) in [4.78, 5) is 4.46. The number of rotatable bonds is 4. The average Bonchev–Trinajstić information content (AvgIpc) is 2.73. The molecule has 2 aromatic carbocycles. The molecule has 7 heteroatoms. The molecule has 0 aliphatic carbocycles. The van der Waals surface area contributed by atoms with Crippen molar-refractivity contribution in [1.82, 2.24) is 15.1 Å². The monoisotopic (exact) mass is 402 g/mol. The van der Waals surface area contributed by atoms with Crippen LogP contribution in [0.25, 0.3) is 10.8 Å². The first kappa shape index (κ1) is 18.8. The maximum absolute atomic E-state index is 15.0. The maximum Gasteiger partial charge on any atom is 0.156 e. The molecule has 0 amide bonds. The lowest BCUT2D eigenvalue weighted by atomic mass is 9.85. The van der Waals surface area contributed by atoms with Crippen LogP contribution >= 0.6 is 0 Å². The molecule has 0 bridgehead atoms. The van der Waals surface area contributed by atoms with E-state index in [-0.39, 0.29) is 5.82 Å². The molecule has 30 heavy (non-hydrogen) atoms. The molecule has 0 saturated carbocycles. The molecule has 1 N–H and O–H groups in total. The van der Waals surface area contributed by atoms with Gasteiger partial charge in [0.05, 0.1) is 29.1 Å². The summed E-state index contributed by atoms with van der Waals surface area (Å²) in [5.41, 5.74) is 3.97. The first-order valence-corrected chi connectivity index (χ1v) is 10.1. The van der Waals surface area contributed by atoms with Crippen molar-refractivity contribution >= 4 is 22.3 Å². The molecular weight excluding hydrogens is 379 g/mol. The molecule has 1 aromatic heterocycles. The molecule has 5 rings (SSSR count). The molecule has 6 nitrogen and oxygen atoms in total. The predicted molar refractivity (Wildman–Crippen MR) is 115 cm³/mol. The number of aryl methyl sites for hydroxylation is 1. The van der Waals surface area contributed by atoms with E-state index in [0.717, 1.165) is 35.0 Å². The number of halogens is 1. The number of piperazine rings is 1. The molecule has 3 heterocycles. The van der Waals surface area contributed by atoms with Gasteiger partial charge in [-0.25, -0.2) is 4.39 Å². The van der Waals surface area contributed by atoms with Gasteiger partial charge in [0.1, 0.15) is 5.82 Å². The summed E-state index contributed by atoms with van der Waals surface area (Å²) >= 11 is 0. The second-order valence-corrected chi connectivity index (χ2v) is 8.26. The van der Waals surface area contributed by atoms with Crippen LogP contribution < -0.4 is 10.2 Å². The normalized spacial score (nSPS) is 20.3. The van der Waals surface area contributed by atoms with E-state index in [4.69, 9.17) is 0 Å². The lowest BCUT2D eigenvalue weighted by molar-refractivity contribution is 0.0363. The van der Waals surface area contributed by atoms with Gasteiger partial charge in [0.15, 0.2) is 5.82 Å². The largest absolute Gasteiger partial charge is 0.364 e. The lowest BCUT2D eigenvalue weighted by Crippen LogP contribution is -2.78. The smallest absolute Gasteiger partial charge is 0.156 e. The fraction of sp³-hybridized carbons (Fsp3) is 0.348. The zero-order valence-corrected chi connectivity index (χ0v) is 17.3. The second kappa shape index (κ2) is 6.92. The first-order chi connectivity index (χ1) is 14.5. The van der Waals surface area contributed by atoms with Crippen LogP contribution in [-0.2, 0) is 6.54 Å². The van der Waals surface area contributed by atoms with Crippen molar-refractivity contribution in [3.63, 3.8) is 0 Å². The van der Waals surface area contributed by atoms with Crippen molar-refractivity contribution in [2.75, 3.05) is 30.4 Å². The van der Waals surface area contributed by atoms with Gasteiger partial charge in [0.25, 0.3) is 0 Å². The topological polar surface area (TPSA) is 68.1 Å². The summed E-state index contributed by atoms with van der Waals surface area (Å²) in [6, 6.07) is 12.3. The number of nitrogens with one attached hydrogen (secondary N) is 1. The number of benzene rings is 2. The highest BCUT2D eigenvalue weighted by Crippen LogP contribution is 2.40. The van der Waals surface area contributed by atoms with Crippen LogP contribution in [0.2, 0.25) is 0 Å². The van der Waals surface area contributed by atoms with Gasteiger partial charge in [0, 0.05) is 36.4 Å². The van der Waals surface area contributed by atoms with E-state index in [1.165, 1.54) is 0 Å². The Morgan fingerprint density at radius 1 is 1.17 bits per heavy atom. The van der Waals surface area contributed by atoms with Crippen LogP contribution in [0.1, 0.15) is 22.4 Å². The van der Waals surface area contributed by atoms with Crippen molar-refractivity contribution in [3.8, 4) is 6.07 Å². The summed E-state index contributed by atoms with van der Waals surface area (Å²) in [6.45, 7) is 6.12. The van der Waals surface area contributed by atoms with Crippen molar-refractivity contribution in [3.05, 3.63) is 58.5 Å². The Hall–Kier alpha value is -3.24. The van der Waals surface area contributed by atoms with Gasteiger partial charge in [-0.15, -0.1) is 5.10 Å². The van der Waals surface area contributed by atoms with Gasteiger partial charge < -0.3 is 10.2 Å². The number of likely N-dealkylation sites (N-methyl/N-ethyl adjacent to an activating group) is 1. The number of nitrogens with zero attached hydrogens (tertiary/aromatic N) is 5. The van der Waals surface area contributed by atoms with Gasteiger partial charge in [0.2, 0.25) is 0 Å². The van der Waals surface area contributed by atoms with E-state index in [0.29, 0.717) is 41.4 Å². The number of likely N-dealkylation sites (tertiary alicyclic amines) is 1. The van der Waals surface area contributed by atoms with Gasteiger partial charge in [-0.3, -0.25) is 4.90 Å². The minimum Gasteiger partial charge on any atom is -0.364 e. The summed E-state index contributed by atoms with van der Waals surface area (Å²) in [7, 11) is 2.11. The molecule has 0 spiro atoms. The quantitative estimate of drug-likeness (QED) is 0.722. The highest BCUT2D eigenvalue weighted by Gasteiger charge is 2.50. The van der Waals surface area contributed by atoms with E-state index >= 15 is 0 Å². The Morgan fingerprint density at radius 2 is 2.00 bits per heavy atom. The zero-order chi connectivity index (χ0) is 21.0. The fourth-order valence-corrected chi connectivity index (χ4v) is 4.57. The van der Waals surface area contributed by atoms with E-state index in [1.807, 2.05) is 38.1 Å². The van der Waals surface area contributed by atoms with E-state index in [9.17, 15) is 9.65 Å². The maximum atomic E-state index is 15.0. The van der Waals surface area contributed by atoms with Crippen LogP contribution in [0.3, 0.4) is 0 Å². The molecule has 0 radical (unpaired) electrons. The predicted octanol–water partition coefficient (Wildman–Crippen LogP) is 3.37. The van der Waals surface area contributed by atoms with Crippen LogP contribution in [0.15, 0.2) is 30.3 Å². The Labute approximate surface area is 174 Å². The third-order valence-corrected chi connectivity index (χ3v) is 6.62. The van der Waals surface area contributed by atoms with E-state index in [1.54, 1.807) is 6.07 Å². The third kappa shape index (κ3) is 2.79. The Bertz CT molecular complexity index is 1200. The summed E-state index contributed by atoms with van der Waals surface area (Å²) < 4.78 is 15.0. The van der Waals surface area contributed by atoms with Crippen LogP contribution in [0.4, 0.5) is 15.9 Å². The highest BCUT2D eigenvalue weighted by molar-refractivity contribution is 5.95. The molecule has 2 unspecified atom stereocenters. The molecule has 2 saturated heterocycles. The Kier molecular flexibility index (Phi) is 4.33. The number of aromatic nitrogens is 2. The standard InChI is InChI=1S/C23H23FN6/c1-13-15(9-25)5-4-6-16(13)10-26-23-18-8-20(30-12-21-22(30)11-29(21)3)19(24)7-17(18)14(2)27-28-23/h4-8,21-22H,10-12H2,1-3H3,(H,26,28). The average molecular weight is 402 g/mol. The second-order valence-electron chi connectivity index (χ2n) is 8.26. The number of nitriles is 1. The lowest BCUT2D eigenvalue weighted by Gasteiger charge is -2.62. The van der Waals surface area contributed by atoms with Crippen LogP contribution in [0.5, 0.6) is 0 Å². The summed E-state index contributed by atoms with van der Waals surface area (Å²) in [5, 5.41) is 22.8. The minimum atomic E-state index is -0.213. The molecule has 2 fully saturated rings. The van der Waals surface area contributed by atoms with Crippen molar-refractivity contribution < 1.29 is 4.39 Å². The molecule has 2 aliphatic heterocycles. The third-order valence-electron chi connectivity index (χ3n) is 6.62. The number of hydrogen-bond acceptors (Lipinski definition) is 6. The fourth-order valence-electron chi connectivity index (χ4n) is 4.57. The van der Waals surface area contributed by atoms with Crippen molar-refractivity contribution in [1.29, 1.82) is 5.26 Å². The molecule has 2 atom stereocenters. The van der Waals surface area contributed by atoms with E-state index in [2.05, 4.69) is 38.4 Å². The number of anilines is 2. The summed E-state index contributed by atoms with van der Waals surface area (Å²) in [5.74, 6) is 0.413. The van der Waals surface area contributed by atoms with Gasteiger partial charge >= 0.3 is 0 Å². The van der Waals surface area contributed by atoms with Gasteiger partial charge in [-0.05, 0) is 50.2 Å². The van der Waals surface area contributed by atoms with Gasteiger partial charge in [-0.1, -0.05) is 12.1 Å². The van der Waals surface area contributed by atoms with Crippen molar-refractivity contribution in [2.45, 2.75) is 32.5 Å². The van der Waals surface area contributed by atoms with Crippen LogP contribution in [-0.4, -0.2) is 47.3 Å². The number of fused-ring (bicyclic) bond motifs is 2. The molecule has 152 valence electrons. The minimum absolute atomic E-state index is 0.213. The number of hydrogen-bond donors (Lipinski definition) is 1. The molecular formula is C23H23FN6. The van der Waals surface area contributed by atoms with Crippen molar-refractivity contribution in [2.24, 2.45) is 0 Å². The summed E-state index contributed by atoms with van der Waals surface area (Å²) in [6.07, 6.45) is 0. The van der Waals surface area contributed by atoms with Gasteiger partial charge in [-0.2, -0.15) is 10.4 Å². The highest BCUT2D eigenvalue weighted by atomic mass is 19.1. The SMILES string of the molecule is Cc1c(C#N)cccc1CNc1nnc(C)c2cc(F)c(N3CC4C3CN4C)cc12. The Morgan fingerprint density at radius 3 is 2.70 bits per heavy atom. The zero-order valence-electron chi connectivity index (χ0n) is 17.3. The Balaban J connectivity index is 1.49. The molecule has 3 aromatic rings.